The molecule has 1 saturated carbocycles. The summed E-state index contributed by atoms with van der Waals surface area (Å²) in [4.78, 5) is 4.08. The van der Waals surface area contributed by atoms with Gasteiger partial charge in [-0.2, -0.15) is 0 Å². The van der Waals surface area contributed by atoms with Gasteiger partial charge < -0.3 is 9.63 Å². The van der Waals surface area contributed by atoms with Gasteiger partial charge in [0, 0.05) is 23.3 Å². The lowest BCUT2D eigenvalue weighted by Crippen LogP contribution is -2.35. The molecule has 4 nitrogen and oxygen atoms in total. The molecule has 1 aromatic carbocycles. The third kappa shape index (κ3) is 4.51. The summed E-state index contributed by atoms with van der Waals surface area (Å²) in [5.41, 5.74) is 0.523. The molecule has 1 heterocycles. The maximum atomic E-state index is 14.2. The van der Waals surface area contributed by atoms with E-state index in [0.717, 1.165) is 12.8 Å². The SMILES string of the molecule is CC(C)[C@@H]1CC[C@@H](C)C[C@@H]1O[P@@](=O)(c1ccccc1)[C@@H](O)c1cccnc1. The van der Waals surface area contributed by atoms with E-state index in [1.165, 1.54) is 6.42 Å². The number of hydrogen-bond acceptors (Lipinski definition) is 4. The molecule has 2 aromatic rings. The molecule has 0 radical (unpaired) electrons. The van der Waals surface area contributed by atoms with Crippen LogP contribution >= 0.6 is 7.37 Å². The predicted octanol–water partition coefficient (Wildman–Crippen LogP) is 5.15. The van der Waals surface area contributed by atoms with E-state index < -0.39 is 13.2 Å². The second kappa shape index (κ2) is 8.68. The van der Waals surface area contributed by atoms with Crippen LogP contribution in [0.25, 0.3) is 0 Å². The number of benzene rings is 1. The van der Waals surface area contributed by atoms with Crippen LogP contribution in [0, 0.1) is 17.8 Å². The zero-order valence-electron chi connectivity index (χ0n) is 16.4. The number of aliphatic hydroxyl groups excluding tert-OH is 1. The Morgan fingerprint density at radius 3 is 2.52 bits per heavy atom. The van der Waals surface area contributed by atoms with Crippen molar-refractivity contribution >= 4 is 12.7 Å². The number of rotatable bonds is 6. The summed E-state index contributed by atoms with van der Waals surface area (Å²) in [7, 11) is -3.54. The van der Waals surface area contributed by atoms with Crippen molar-refractivity contribution < 1.29 is 14.2 Å². The molecule has 0 saturated heterocycles. The fourth-order valence-electron chi connectivity index (χ4n) is 4.06. The highest BCUT2D eigenvalue weighted by molar-refractivity contribution is 7.67. The summed E-state index contributed by atoms with van der Waals surface area (Å²) in [6, 6.07) is 12.6. The molecule has 27 heavy (non-hydrogen) atoms. The summed E-state index contributed by atoms with van der Waals surface area (Å²) in [6.07, 6.45) is 6.20. The average Bonchev–Trinajstić information content (AvgIpc) is 2.68. The number of aliphatic hydroxyl groups is 1. The van der Waals surface area contributed by atoms with Crippen molar-refractivity contribution in [1.82, 2.24) is 4.98 Å². The monoisotopic (exact) mass is 387 g/mol. The summed E-state index contributed by atoms with van der Waals surface area (Å²) >= 11 is 0. The second-order valence-corrected chi connectivity index (χ2v) is 10.5. The molecule has 0 aliphatic heterocycles. The zero-order chi connectivity index (χ0) is 19.4. The van der Waals surface area contributed by atoms with E-state index in [-0.39, 0.29) is 6.10 Å². The Balaban J connectivity index is 1.98. The molecule has 5 heteroatoms. The second-order valence-electron chi connectivity index (χ2n) is 8.06. The van der Waals surface area contributed by atoms with E-state index in [4.69, 9.17) is 4.52 Å². The van der Waals surface area contributed by atoms with Crippen molar-refractivity contribution in [2.75, 3.05) is 0 Å². The molecule has 3 rings (SSSR count). The highest BCUT2D eigenvalue weighted by Crippen LogP contribution is 2.60. The van der Waals surface area contributed by atoms with Gasteiger partial charge >= 0.3 is 0 Å². The van der Waals surface area contributed by atoms with Crippen molar-refractivity contribution in [3.63, 3.8) is 0 Å². The Morgan fingerprint density at radius 1 is 1.15 bits per heavy atom. The lowest BCUT2D eigenvalue weighted by molar-refractivity contribution is 0.0427. The molecule has 5 atom stereocenters. The third-order valence-corrected chi connectivity index (χ3v) is 8.22. The van der Waals surface area contributed by atoms with Crippen LogP contribution in [-0.2, 0) is 9.09 Å². The van der Waals surface area contributed by atoms with Gasteiger partial charge in [-0.1, -0.05) is 51.5 Å². The zero-order valence-corrected chi connectivity index (χ0v) is 17.3. The van der Waals surface area contributed by atoms with Gasteiger partial charge in [-0.25, -0.2) is 0 Å². The lowest BCUT2D eigenvalue weighted by Gasteiger charge is -2.39. The van der Waals surface area contributed by atoms with Crippen LogP contribution in [0.15, 0.2) is 54.9 Å². The molecule has 0 spiro atoms. The standard InChI is InChI=1S/C22H30NO3P/c1-16(2)20-12-11-17(3)14-21(20)26-27(25,19-9-5-4-6-10-19)22(24)18-8-7-13-23-15-18/h4-10,13,15-17,20-22,24H,11-12,14H2,1-3H3/t17-,20+,21+,22-,27+/m1/s1. The van der Waals surface area contributed by atoms with Gasteiger partial charge in [0.05, 0.1) is 6.10 Å². The van der Waals surface area contributed by atoms with Crippen molar-refractivity contribution in [2.45, 2.75) is 52.0 Å². The first-order valence-electron chi connectivity index (χ1n) is 9.83. The molecule has 0 bridgehead atoms. The van der Waals surface area contributed by atoms with Crippen LogP contribution in [0.4, 0.5) is 0 Å². The Hall–Kier alpha value is -1.48. The first-order valence-corrected chi connectivity index (χ1v) is 11.5. The highest BCUT2D eigenvalue weighted by atomic mass is 31.2. The van der Waals surface area contributed by atoms with Gasteiger partial charge in [-0.15, -0.1) is 0 Å². The number of hydrogen-bond donors (Lipinski definition) is 1. The smallest absolute Gasteiger partial charge is 0.264 e. The van der Waals surface area contributed by atoms with E-state index in [9.17, 15) is 9.67 Å². The van der Waals surface area contributed by atoms with Gasteiger partial charge in [0.25, 0.3) is 7.37 Å². The Labute approximate surface area is 162 Å². The van der Waals surface area contributed by atoms with Crippen LogP contribution in [0.2, 0.25) is 0 Å². The van der Waals surface area contributed by atoms with Gasteiger partial charge in [0.2, 0.25) is 0 Å². The summed E-state index contributed by atoms with van der Waals surface area (Å²) in [5, 5.41) is 11.6. The molecule has 1 aliphatic carbocycles. The first-order chi connectivity index (χ1) is 12.9. The fourth-order valence-corrected chi connectivity index (χ4v) is 6.35. The van der Waals surface area contributed by atoms with Crippen LogP contribution in [0.1, 0.15) is 51.4 Å². The Morgan fingerprint density at radius 2 is 1.89 bits per heavy atom. The maximum absolute atomic E-state index is 14.2. The van der Waals surface area contributed by atoms with Crippen LogP contribution in [-0.4, -0.2) is 16.2 Å². The van der Waals surface area contributed by atoms with Crippen molar-refractivity contribution in [2.24, 2.45) is 17.8 Å². The maximum Gasteiger partial charge on any atom is 0.264 e. The van der Waals surface area contributed by atoms with Crippen LogP contribution in [0.3, 0.4) is 0 Å². The fraction of sp³-hybridized carbons (Fsp3) is 0.500. The normalized spacial score (nSPS) is 26.5. The molecule has 1 aliphatic rings. The van der Waals surface area contributed by atoms with Crippen molar-refractivity contribution in [3.05, 3.63) is 60.4 Å². The van der Waals surface area contributed by atoms with Crippen LogP contribution < -0.4 is 5.30 Å². The van der Waals surface area contributed by atoms with Crippen molar-refractivity contribution in [3.8, 4) is 0 Å². The van der Waals surface area contributed by atoms with E-state index in [1.807, 2.05) is 18.2 Å². The minimum absolute atomic E-state index is 0.119. The molecule has 1 fully saturated rings. The first kappa shape index (κ1) is 20.3. The largest absolute Gasteiger partial charge is 0.378 e. The average molecular weight is 387 g/mol. The van der Waals surface area contributed by atoms with E-state index >= 15 is 0 Å². The quantitative estimate of drug-likeness (QED) is 0.696. The van der Waals surface area contributed by atoms with E-state index in [2.05, 4.69) is 25.8 Å². The van der Waals surface area contributed by atoms with Crippen LogP contribution in [0.5, 0.6) is 0 Å². The number of aromatic nitrogens is 1. The van der Waals surface area contributed by atoms with Gasteiger partial charge in [-0.05, 0) is 48.8 Å². The molecular formula is C22H30NO3P. The van der Waals surface area contributed by atoms with E-state index in [1.54, 1.807) is 36.7 Å². The van der Waals surface area contributed by atoms with Gasteiger partial charge in [-0.3, -0.25) is 9.55 Å². The van der Waals surface area contributed by atoms with Crippen molar-refractivity contribution in [1.29, 1.82) is 0 Å². The topological polar surface area (TPSA) is 59.4 Å². The molecular weight excluding hydrogens is 357 g/mol. The minimum atomic E-state index is -3.54. The molecule has 0 amide bonds. The number of pyridine rings is 1. The lowest BCUT2D eigenvalue weighted by atomic mass is 9.75. The third-order valence-electron chi connectivity index (χ3n) is 5.67. The summed E-state index contributed by atoms with van der Waals surface area (Å²) in [5.74, 6) is 0.102. The summed E-state index contributed by atoms with van der Waals surface area (Å²) < 4.78 is 20.6. The molecule has 146 valence electrons. The number of nitrogens with zero attached hydrogens (tertiary/aromatic N) is 1. The molecule has 1 N–H and O–H groups in total. The highest BCUT2D eigenvalue weighted by Gasteiger charge is 2.42. The Kier molecular flexibility index (Phi) is 6.52. The van der Waals surface area contributed by atoms with Gasteiger partial charge in [0.15, 0.2) is 5.85 Å². The Bertz CT molecular complexity index is 766. The van der Waals surface area contributed by atoms with Gasteiger partial charge in [0.1, 0.15) is 0 Å². The minimum Gasteiger partial charge on any atom is -0.378 e. The molecule has 1 aromatic heterocycles. The molecule has 0 unspecified atom stereocenters. The predicted molar refractivity (Wildman–Crippen MR) is 109 cm³/mol. The van der Waals surface area contributed by atoms with E-state index in [0.29, 0.717) is 28.6 Å². The summed E-state index contributed by atoms with van der Waals surface area (Å²) in [6.45, 7) is 6.61.